The zero-order chi connectivity index (χ0) is 16.4. The van der Waals surface area contributed by atoms with Gasteiger partial charge in [0.2, 0.25) is 0 Å². The van der Waals surface area contributed by atoms with E-state index in [1.54, 1.807) is 0 Å². The van der Waals surface area contributed by atoms with Gasteiger partial charge in [0.1, 0.15) is 0 Å². The molecule has 3 unspecified atom stereocenters. The molecular formula is C19H38O3. The van der Waals surface area contributed by atoms with Crippen LogP contribution >= 0.6 is 0 Å². The Balaban J connectivity index is 2.03. The van der Waals surface area contributed by atoms with Crippen LogP contribution in [0, 0.1) is 17.8 Å². The number of hydrogen-bond acceptors (Lipinski definition) is 3. The third-order valence-corrected chi connectivity index (χ3v) is 4.61. The zero-order valence-corrected chi connectivity index (χ0v) is 15.5. The van der Waals surface area contributed by atoms with E-state index >= 15 is 0 Å². The van der Waals surface area contributed by atoms with Crippen LogP contribution in [0.3, 0.4) is 0 Å². The van der Waals surface area contributed by atoms with Gasteiger partial charge in [0.25, 0.3) is 0 Å². The summed E-state index contributed by atoms with van der Waals surface area (Å²) in [6.07, 6.45) is 6.69. The lowest BCUT2D eigenvalue weighted by atomic mass is 9.75. The van der Waals surface area contributed by atoms with Gasteiger partial charge in [-0.1, -0.05) is 27.2 Å². The molecule has 1 saturated carbocycles. The quantitative estimate of drug-likeness (QED) is 0.518. The van der Waals surface area contributed by atoms with Gasteiger partial charge in [-0.3, -0.25) is 0 Å². The molecule has 0 aromatic carbocycles. The average molecular weight is 315 g/mol. The van der Waals surface area contributed by atoms with Crippen molar-refractivity contribution >= 4 is 0 Å². The fraction of sp³-hybridized carbons (Fsp3) is 1.00. The van der Waals surface area contributed by atoms with Crippen LogP contribution in [-0.4, -0.2) is 38.6 Å². The Bertz CT molecular complexity index is 265. The van der Waals surface area contributed by atoms with Crippen molar-refractivity contribution < 1.29 is 14.2 Å². The van der Waals surface area contributed by atoms with Gasteiger partial charge in [0.15, 0.2) is 0 Å². The molecule has 1 fully saturated rings. The molecule has 0 amide bonds. The van der Waals surface area contributed by atoms with Crippen molar-refractivity contribution in [3.05, 3.63) is 0 Å². The van der Waals surface area contributed by atoms with E-state index in [1.165, 1.54) is 19.3 Å². The molecule has 0 bridgehead atoms. The van der Waals surface area contributed by atoms with E-state index in [2.05, 4.69) is 34.6 Å². The largest absolute Gasteiger partial charge is 0.381 e. The second-order valence-corrected chi connectivity index (χ2v) is 7.47. The van der Waals surface area contributed by atoms with E-state index in [9.17, 15) is 0 Å². The SMILES string of the molecule is CC1CCC(C(C)C)C(OCCCOCCCOC(C)C)C1. The van der Waals surface area contributed by atoms with Crippen LogP contribution in [0.15, 0.2) is 0 Å². The Labute approximate surface area is 138 Å². The van der Waals surface area contributed by atoms with Crippen molar-refractivity contribution in [2.75, 3.05) is 26.4 Å². The maximum Gasteiger partial charge on any atom is 0.0608 e. The first-order valence-corrected chi connectivity index (χ1v) is 9.31. The molecule has 3 heteroatoms. The monoisotopic (exact) mass is 314 g/mol. The van der Waals surface area contributed by atoms with E-state index in [1.807, 2.05) is 0 Å². The number of ether oxygens (including phenoxy) is 3. The van der Waals surface area contributed by atoms with Gasteiger partial charge < -0.3 is 14.2 Å². The minimum Gasteiger partial charge on any atom is -0.381 e. The molecule has 0 aromatic rings. The Kier molecular flexibility index (Phi) is 10.3. The fourth-order valence-corrected chi connectivity index (χ4v) is 3.28. The Morgan fingerprint density at radius 2 is 1.59 bits per heavy atom. The van der Waals surface area contributed by atoms with Gasteiger partial charge in [-0.2, -0.15) is 0 Å². The van der Waals surface area contributed by atoms with E-state index in [0.29, 0.717) is 12.2 Å². The number of hydrogen-bond donors (Lipinski definition) is 0. The summed E-state index contributed by atoms with van der Waals surface area (Å²) < 4.78 is 17.3. The zero-order valence-electron chi connectivity index (χ0n) is 15.5. The third-order valence-electron chi connectivity index (χ3n) is 4.61. The predicted octanol–water partition coefficient (Wildman–Crippen LogP) is 4.69. The van der Waals surface area contributed by atoms with Crippen LogP contribution in [0.4, 0.5) is 0 Å². The predicted molar refractivity (Wildman–Crippen MR) is 92.2 cm³/mol. The first kappa shape index (κ1) is 19.9. The minimum absolute atomic E-state index is 0.320. The van der Waals surface area contributed by atoms with Crippen molar-refractivity contribution in [3.8, 4) is 0 Å². The maximum absolute atomic E-state index is 6.18. The van der Waals surface area contributed by atoms with Crippen LogP contribution in [0.2, 0.25) is 0 Å². The lowest BCUT2D eigenvalue weighted by Crippen LogP contribution is -2.34. The van der Waals surface area contributed by atoms with Crippen molar-refractivity contribution in [1.82, 2.24) is 0 Å². The lowest BCUT2D eigenvalue weighted by molar-refractivity contribution is -0.0449. The molecule has 1 aliphatic rings. The molecule has 1 rings (SSSR count). The maximum atomic E-state index is 6.18. The number of rotatable bonds is 11. The topological polar surface area (TPSA) is 27.7 Å². The van der Waals surface area contributed by atoms with Crippen LogP contribution < -0.4 is 0 Å². The highest BCUT2D eigenvalue weighted by atomic mass is 16.5. The molecule has 0 spiro atoms. The molecule has 22 heavy (non-hydrogen) atoms. The molecule has 0 heterocycles. The van der Waals surface area contributed by atoms with Gasteiger partial charge in [0, 0.05) is 26.4 Å². The smallest absolute Gasteiger partial charge is 0.0608 e. The van der Waals surface area contributed by atoms with Gasteiger partial charge in [-0.05, 0) is 57.3 Å². The van der Waals surface area contributed by atoms with Crippen molar-refractivity contribution in [2.24, 2.45) is 17.8 Å². The molecular weight excluding hydrogens is 276 g/mol. The van der Waals surface area contributed by atoms with Gasteiger partial charge in [0.05, 0.1) is 12.2 Å². The normalized spacial score (nSPS) is 26.0. The lowest BCUT2D eigenvalue weighted by Gasteiger charge is -2.37. The second-order valence-electron chi connectivity index (χ2n) is 7.47. The van der Waals surface area contributed by atoms with Crippen molar-refractivity contribution in [2.45, 2.75) is 78.9 Å². The molecule has 0 radical (unpaired) electrons. The molecule has 3 atom stereocenters. The summed E-state index contributed by atoms with van der Waals surface area (Å²) in [6, 6.07) is 0. The van der Waals surface area contributed by atoms with Crippen LogP contribution in [0.1, 0.15) is 66.7 Å². The molecule has 3 nitrogen and oxygen atoms in total. The summed E-state index contributed by atoms with van der Waals surface area (Å²) >= 11 is 0. The van der Waals surface area contributed by atoms with E-state index in [4.69, 9.17) is 14.2 Å². The molecule has 1 aliphatic carbocycles. The van der Waals surface area contributed by atoms with Gasteiger partial charge in [-0.25, -0.2) is 0 Å². The summed E-state index contributed by atoms with van der Waals surface area (Å²) in [6.45, 7) is 14.4. The molecule has 0 aliphatic heterocycles. The summed E-state index contributed by atoms with van der Waals surface area (Å²) in [7, 11) is 0. The fourth-order valence-electron chi connectivity index (χ4n) is 3.28. The highest BCUT2D eigenvalue weighted by Crippen LogP contribution is 2.35. The Morgan fingerprint density at radius 3 is 2.23 bits per heavy atom. The molecule has 132 valence electrons. The van der Waals surface area contributed by atoms with Crippen LogP contribution in [0.5, 0.6) is 0 Å². The van der Waals surface area contributed by atoms with Gasteiger partial charge >= 0.3 is 0 Å². The van der Waals surface area contributed by atoms with Crippen LogP contribution in [0.25, 0.3) is 0 Å². The summed E-state index contributed by atoms with van der Waals surface area (Å²) in [5.41, 5.74) is 0. The Morgan fingerprint density at radius 1 is 0.909 bits per heavy atom. The minimum atomic E-state index is 0.320. The van der Waals surface area contributed by atoms with Crippen molar-refractivity contribution in [1.29, 1.82) is 0 Å². The van der Waals surface area contributed by atoms with Gasteiger partial charge in [-0.15, -0.1) is 0 Å². The highest BCUT2D eigenvalue weighted by Gasteiger charge is 2.31. The van der Waals surface area contributed by atoms with E-state index in [-0.39, 0.29) is 0 Å². The molecule has 0 saturated heterocycles. The third kappa shape index (κ3) is 8.50. The molecule has 0 aromatic heterocycles. The van der Waals surface area contributed by atoms with E-state index in [0.717, 1.165) is 57.0 Å². The standard InChI is InChI=1S/C19H38O3/c1-15(2)18-9-8-17(5)14-19(18)22-13-7-11-20-10-6-12-21-16(3)4/h15-19H,6-14H2,1-5H3. The first-order chi connectivity index (χ1) is 10.5. The average Bonchev–Trinajstić information content (AvgIpc) is 2.45. The first-order valence-electron chi connectivity index (χ1n) is 9.31. The summed E-state index contributed by atoms with van der Waals surface area (Å²) in [5.74, 6) is 2.29. The Hall–Kier alpha value is -0.120. The van der Waals surface area contributed by atoms with Crippen LogP contribution in [-0.2, 0) is 14.2 Å². The van der Waals surface area contributed by atoms with Crippen molar-refractivity contribution in [3.63, 3.8) is 0 Å². The highest BCUT2D eigenvalue weighted by molar-refractivity contribution is 4.81. The molecule has 0 N–H and O–H groups in total. The second kappa shape index (κ2) is 11.4. The summed E-state index contributed by atoms with van der Waals surface area (Å²) in [5, 5.41) is 0. The summed E-state index contributed by atoms with van der Waals surface area (Å²) in [4.78, 5) is 0. The van der Waals surface area contributed by atoms with E-state index < -0.39 is 0 Å².